The monoisotopic (exact) mass is 326 g/mol. The number of nitrogens with two attached hydrogens (primary N) is 1. The lowest BCUT2D eigenvalue weighted by atomic mass is 9.93. The number of aromatic nitrogens is 3. The second-order valence-electron chi connectivity index (χ2n) is 5.94. The van der Waals surface area contributed by atoms with Gasteiger partial charge in [0.05, 0.1) is 11.5 Å². The molecule has 5 atom stereocenters. The molecule has 3 rings (SSSR count). The van der Waals surface area contributed by atoms with E-state index in [9.17, 15) is 19.7 Å². The molecule has 0 radical (unpaired) electrons. The van der Waals surface area contributed by atoms with Crippen molar-refractivity contribution in [2.75, 3.05) is 5.73 Å². The molecule has 1 saturated heterocycles. The van der Waals surface area contributed by atoms with E-state index in [0.717, 1.165) is 6.20 Å². The molecule has 126 valence electrons. The lowest BCUT2D eigenvalue weighted by molar-refractivity contribution is -0.100. The highest BCUT2D eigenvalue weighted by Crippen LogP contribution is 2.41. The van der Waals surface area contributed by atoms with E-state index in [-0.39, 0.29) is 16.9 Å². The minimum absolute atomic E-state index is 0.0147. The Morgan fingerprint density at radius 2 is 2.22 bits per heavy atom. The summed E-state index contributed by atoms with van der Waals surface area (Å²) in [6.07, 6.45) is -1.85. The third kappa shape index (κ3) is 2.27. The SMILES string of the molecule is CCC(O)C1OC(n2cc(F)c3c(N)ncnc32)C(C)(O)C1O. The van der Waals surface area contributed by atoms with Crippen molar-refractivity contribution in [3.63, 3.8) is 0 Å². The highest BCUT2D eigenvalue weighted by Gasteiger charge is 2.55. The number of fused-ring (bicyclic) bond motifs is 1. The third-order valence-corrected chi connectivity index (χ3v) is 4.34. The van der Waals surface area contributed by atoms with Crippen LogP contribution in [-0.2, 0) is 4.74 Å². The predicted molar refractivity (Wildman–Crippen MR) is 78.7 cm³/mol. The van der Waals surface area contributed by atoms with Gasteiger partial charge in [-0.2, -0.15) is 0 Å². The van der Waals surface area contributed by atoms with Crippen molar-refractivity contribution in [1.29, 1.82) is 0 Å². The fourth-order valence-corrected chi connectivity index (χ4v) is 2.96. The van der Waals surface area contributed by atoms with Gasteiger partial charge in [0.15, 0.2) is 17.7 Å². The minimum Gasteiger partial charge on any atom is -0.390 e. The van der Waals surface area contributed by atoms with Crippen molar-refractivity contribution >= 4 is 16.9 Å². The number of aliphatic hydroxyl groups is 3. The van der Waals surface area contributed by atoms with Crippen LogP contribution in [0.15, 0.2) is 12.5 Å². The van der Waals surface area contributed by atoms with Gasteiger partial charge in [-0.05, 0) is 13.3 Å². The van der Waals surface area contributed by atoms with Gasteiger partial charge in [0.1, 0.15) is 30.0 Å². The number of ether oxygens (including phenoxy) is 1. The average Bonchev–Trinajstić information content (AvgIpc) is 2.95. The number of anilines is 1. The lowest BCUT2D eigenvalue weighted by Gasteiger charge is -2.27. The molecule has 2 aromatic rings. The molecule has 9 heteroatoms. The molecule has 0 aliphatic carbocycles. The Morgan fingerprint density at radius 1 is 1.52 bits per heavy atom. The van der Waals surface area contributed by atoms with Gasteiger partial charge in [-0.25, -0.2) is 14.4 Å². The van der Waals surface area contributed by atoms with Gasteiger partial charge in [-0.15, -0.1) is 0 Å². The summed E-state index contributed by atoms with van der Waals surface area (Å²) in [5.41, 5.74) is 4.05. The van der Waals surface area contributed by atoms with Crippen LogP contribution < -0.4 is 5.73 Å². The highest BCUT2D eigenvalue weighted by atomic mass is 19.1. The van der Waals surface area contributed by atoms with Crippen molar-refractivity contribution in [3.8, 4) is 0 Å². The van der Waals surface area contributed by atoms with Gasteiger partial charge in [0.2, 0.25) is 0 Å². The molecule has 1 fully saturated rings. The van der Waals surface area contributed by atoms with Crippen molar-refractivity contribution in [3.05, 3.63) is 18.3 Å². The third-order valence-electron chi connectivity index (χ3n) is 4.34. The number of aliphatic hydroxyl groups excluding tert-OH is 2. The van der Waals surface area contributed by atoms with Crippen molar-refractivity contribution in [2.24, 2.45) is 0 Å². The molecule has 3 heterocycles. The molecular formula is C14H19FN4O4. The quantitative estimate of drug-likeness (QED) is 0.622. The van der Waals surface area contributed by atoms with E-state index in [1.54, 1.807) is 6.92 Å². The van der Waals surface area contributed by atoms with Gasteiger partial charge in [0, 0.05) is 6.20 Å². The van der Waals surface area contributed by atoms with Crippen LogP contribution in [0.3, 0.4) is 0 Å². The van der Waals surface area contributed by atoms with Crippen molar-refractivity contribution in [1.82, 2.24) is 14.5 Å². The first kappa shape index (κ1) is 16.1. The Kier molecular flexibility index (Phi) is 3.75. The van der Waals surface area contributed by atoms with E-state index in [4.69, 9.17) is 10.5 Å². The summed E-state index contributed by atoms with van der Waals surface area (Å²) in [6.45, 7) is 3.08. The van der Waals surface area contributed by atoms with E-state index in [1.807, 2.05) is 0 Å². The molecule has 0 bridgehead atoms. The molecule has 1 aliphatic heterocycles. The number of hydrogen-bond donors (Lipinski definition) is 4. The molecule has 5 unspecified atom stereocenters. The summed E-state index contributed by atoms with van der Waals surface area (Å²) in [5, 5.41) is 30.9. The molecule has 2 aromatic heterocycles. The molecule has 0 saturated carbocycles. The van der Waals surface area contributed by atoms with Crippen LogP contribution in [0, 0.1) is 5.82 Å². The van der Waals surface area contributed by atoms with Crippen LogP contribution in [0.2, 0.25) is 0 Å². The van der Waals surface area contributed by atoms with Crippen LogP contribution in [0.4, 0.5) is 10.2 Å². The van der Waals surface area contributed by atoms with Crippen LogP contribution in [0.5, 0.6) is 0 Å². The minimum atomic E-state index is -1.75. The maximum Gasteiger partial charge on any atom is 0.167 e. The average molecular weight is 326 g/mol. The summed E-state index contributed by atoms with van der Waals surface area (Å²) in [4.78, 5) is 7.72. The standard InChI is InChI=1S/C14H19FN4O4/c1-3-7(20)9-10(21)14(2,22)13(23-9)19-4-6(15)8-11(16)17-5-18-12(8)19/h4-5,7,9-10,13,20-22H,3H2,1-2H3,(H2,16,17,18). The van der Waals surface area contributed by atoms with E-state index < -0.39 is 36.0 Å². The second-order valence-corrected chi connectivity index (χ2v) is 5.94. The van der Waals surface area contributed by atoms with Crippen LogP contribution in [0.1, 0.15) is 26.5 Å². The summed E-state index contributed by atoms with van der Waals surface area (Å²) in [7, 11) is 0. The summed E-state index contributed by atoms with van der Waals surface area (Å²) >= 11 is 0. The smallest absolute Gasteiger partial charge is 0.167 e. The fraction of sp³-hybridized carbons (Fsp3) is 0.571. The molecule has 23 heavy (non-hydrogen) atoms. The van der Waals surface area contributed by atoms with Gasteiger partial charge in [-0.1, -0.05) is 6.92 Å². The zero-order valence-corrected chi connectivity index (χ0v) is 12.7. The van der Waals surface area contributed by atoms with E-state index in [2.05, 4.69) is 9.97 Å². The van der Waals surface area contributed by atoms with E-state index >= 15 is 0 Å². The molecular weight excluding hydrogens is 307 g/mol. The van der Waals surface area contributed by atoms with Gasteiger partial charge < -0.3 is 25.8 Å². The van der Waals surface area contributed by atoms with E-state index in [1.165, 1.54) is 17.8 Å². The van der Waals surface area contributed by atoms with E-state index in [0.29, 0.717) is 6.42 Å². The molecule has 1 aliphatic rings. The van der Waals surface area contributed by atoms with Crippen LogP contribution in [0.25, 0.3) is 11.0 Å². The topological polar surface area (TPSA) is 127 Å². The van der Waals surface area contributed by atoms with Crippen molar-refractivity contribution < 1.29 is 24.4 Å². The molecule has 8 nitrogen and oxygen atoms in total. The zero-order valence-electron chi connectivity index (χ0n) is 12.7. The first-order valence-corrected chi connectivity index (χ1v) is 7.29. The second kappa shape index (κ2) is 5.38. The Bertz CT molecular complexity index is 735. The van der Waals surface area contributed by atoms with Gasteiger partial charge in [-0.3, -0.25) is 4.57 Å². The van der Waals surface area contributed by atoms with Gasteiger partial charge in [0.25, 0.3) is 0 Å². The largest absolute Gasteiger partial charge is 0.390 e. The van der Waals surface area contributed by atoms with Crippen LogP contribution >= 0.6 is 0 Å². The maximum absolute atomic E-state index is 14.2. The molecule has 0 spiro atoms. The zero-order chi connectivity index (χ0) is 16.9. The van der Waals surface area contributed by atoms with Crippen LogP contribution in [-0.4, -0.2) is 53.8 Å². The van der Waals surface area contributed by atoms with Gasteiger partial charge >= 0.3 is 0 Å². The first-order valence-electron chi connectivity index (χ1n) is 7.29. The first-order chi connectivity index (χ1) is 10.8. The Balaban J connectivity index is 2.10. The Labute approximate surface area is 131 Å². The molecule has 0 amide bonds. The highest BCUT2D eigenvalue weighted by molar-refractivity contribution is 5.86. The number of halogens is 1. The lowest BCUT2D eigenvalue weighted by Crippen LogP contribution is -2.46. The number of hydrogen-bond acceptors (Lipinski definition) is 7. The predicted octanol–water partition coefficient (Wildman–Crippen LogP) is -0.0672. The Hall–Kier alpha value is -1.81. The maximum atomic E-state index is 14.2. The van der Waals surface area contributed by atoms with Crippen molar-refractivity contribution in [2.45, 2.75) is 50.4 Å². The molecule has 0 aromatic carbocycles. The number of nitrogens with zero attached hydrogens (tertiary/aromatic N) is 3. The summed E-state index contributed by atoms with van der Waals surface area (Å²) in [5.74, 6) is -0.693. The fourth-order valence-electron chi connectivity index (χ4n) is 2.96. The normalized spacial score (nSPS) is 32.5. The number of nitrogen functional groups attached to an aromatic ring is 1. The number of rotatable bonds is 3. The Morgan fingerprint density at radius 3 is 2.87 bits per heavy atom. The summed E-state index contributed by atoms with van der Waals surface area (Å²) < 4.78 is 21.1. The summed E-state index contributed by atoms with van der Waals surface area (Å²) in [6, 6.07) is 0. The molecule has 5 N–H and O–H groups in total.